The number of carbonyl (C=O) groups excluding carboxylic acids is 1. The fraction of sp³-hybridized carbons (Fsp3) is 0.480. The third kappa shape index (κ3) is 3.61. The highest BCUT2D eigenvalue weighted by Crippen LogP contribution is 2.34. The lowest BCUT2D eigenvalue weighted by atomic mass is 10.0. The highest BCUT2D eigenvalue weighted by Gasteiger charge is 2.37. The van der Waals surface area contributed by atoms with Gasteiger partial charge in [-0.2, -0.15) is 0 Å². The van der Waals surface area contributed by atoms with Crippen molar-refractivity contribution < 1.29 is 9.53 Å². The summed E-state index contributed by atoms with van der Waals surface area (Å²) in [5.74, 6) is 0. The van der Waals surface area contributed by atoms with Crippen LogP contribution in [0.2, 0.25) is 0 Å². The van der Waals surface area contributed by atoms with Crippen molar-refractivity contribution in [3.05, 3.63) is 51.7 Å². The summed E-state index contributed by atoms with van der Waals surface area (Å²) in [7, 11) is 1.93. The second kappa shape index (κ2) is 8.40. The van der Waals surface area contributed by atoms with Gasteiger partial charge in [-0.3, -0.25) is 0 Å². The first kappa shape index (κ1) is 20.9. The first-order valence-electron chi connectivity index (χ1n) is 11.0. The third-order valence-electron chi connectivity index (χ3n) is 6.65. The number of anilines is 1. The summed E-state index contributed by atoms with van der Waals surface area (Å²) in [6.07, 6.45) is 7.65. The first-order chi connectivity index (χ1) is 14.5. The van der Waals surface area contributed by atoms with Gasteiger partial charge in [0.25, 0.3) is 0 Å². The Kier molecular flexibility index (Phi) is 5.85. The van der Waals surface area contributed by atoms with Crippen molar-refractivity contribution in [1.29, 1.82) is 0 Å². The molecule has 5 nitrogen and oxygen atoms in total. The number of ether oxygens (including phenoxy) is 1. The van der Waals surface area contributed by atoms with Crippen molar-refractivity contribution >= 4 is 23.6 Å². The number of nitrogens with one attached hydrogen (secondary N) is 2. The molecule has 0 amide bonds. The maximum atomic E-state index is 11.5. The maximum absolute atomic E-state index is 11.5. The number of aromatic nitrogens is 1. The topological polar surface area (TPSA) is 55.3 Å². The molecule has 2 N–H and O–H groups in total. The fourth-order valence-electron chi connectivity index (χ4n) is 5.18. The van der Waals surface area contributed by atoms with E-state index in [1.54, 1.807) is 0 Å². The van der Waals surface area contributed by atoms with Gasteiger partial charge < -0.3 is 24.7 Å². The van der Waals surface area contributed by atoms with Crippen LogP contribution in [-0.2, 0) is 21.7 Å². The van der Waals surface area contributed by atoms with Gasteiger partial charge in [-0.05, 0) is 76.3 Å². The van der Waals surface area contributed by atoms with Gasteiger partial charge in [0, 0.05) is 34.9 Å². The molecule has 0 saturated carbocycles. The molecule has 1 fully saturated rings. The summed E-state index contributed by atoms with van der Waals surface area (Å²) in [5, 5.41) is 9.27. The van der Waals surface area contributed by atoms with E-state index in [-0.39, 0.29) is 6.23 Å². The quantitative estimate of drug-likeness (QED) is 0.766. The van der Waals surface area contributed by atoms with Crippen LogP contribution >= 0.6 is 0 Å². The van der Waals surface area contributed by atoms with E-state index in [2.05, 4.69) is 66.3 Å². The predicted molar refractivity (Wildman–Crippen MR) is 122 cm³/mol. The normalized spacial score (nSPS) is 25.2. The van der Waals surface area contributed by atoms with Gasteiger partial charge in [0.1, 0.15) is 18.2 Å². The van der Waals surface area contributed by atoms with E-state index >= 15 is 0 Å². The minimum atomic E-state index is -0.424. The molecule has 1 aromatic carbocycles. The summed E-state index contributed by atoms with van der Waals surface area (Å²) in [4.78, 5) is 11.5. The van der Waals surface area contributed by atoms with Crippen molar-refractivity contribution in [2.75, 3.05) is 18.9 Å². The van der Waals surface area contributed by atoms with Crippen LogP contribution in [0.15, 0.2) is 24.3 Å². The minimum Gasteiger partial charge on any atom is -0.360 e. The molecule has 5 heteroatoms. The predicted octanol–water partition coefficient (Wildman–Crippen LogP) is 2.71. The largest absolute Gasteiger partial charge is 0.360 e. The first-order valence-corrected chi connectivity index (χ1v) is 11.0. The van der Waals surface area contributed by atoms with Gasteiger partial charge in [0.05, 0.1) is 0 Å². The molecular formula is C25H33N3O2. The molecule has 2 bridgehead atoms. The Balaban J connectivity index is 2.06. The second-order valence-electron chi connectivity index (χ2n) is 8.69. The van der Waals surface area contributed by atoms with Crippen LogP contribution < -0.4 is 21.2 Å². The number of hydrogen-bond acceptors (Lipinski definition) is 4. The summed E-state index contributed by atoms with van der Waals surface area (Å²) in [6, 6.07) is 8.48. The highest BCUT2D eigenvalue weighted by atomic mass is 16.5. The SMILES string of the molecule is CNC/C(CC=O)=c1\c(C)c(C)n2\c1=C\Cc1ccccc1N[C@H]1CCC[C@]2(C)O1. The van der Waals surface area contributed by atoms with E-state index in [1.165, 1.54) is 27.4 Å². The summed E-state index contributed by atoms with van der Waals surface area (Å²) >= 11 is 0. The van der Waals surface area contributed by atoms with Gasteiger partial charge in [-0.25, -0.2) is 0 Å². The highest BCUT2D eigenvalue weighted by molar-refractivity contribution is 5.69. The smallest absolute Gasteiger partial charge is 0.144 e. The summed E-state index contributed by atoms with van der Waals surface area (Å²) < 4.78 is 9.11. The van der Waals surface area contributed by atoms with E-state index < -0.39 is 5.72 Å². The lowest BCUT2D eigenvalue weighted by molar-refractivity contribution is -0.160. The molecule has 2 aliphatic heterocycles. The molecule has 3 heterocycles. The second-order valence-corrected chi connectivity index (χ2v) is 8.69. The number of nitrogens with zero attached hydrogens (tertiary/aromatic N) is 1. The van der Waals surface area contributed by atoms with Crippen LogP contribution in [0, 0.1) is 13.8 Å². The molecule has 30 heavy (non-hydrogen) atoms. The Morgan fingerprint density at radius 3 is 2.93 bits per heavy atom. The number of rotatable bonds is 4. The van der Waals surface area contributed by atoms with Crippen molar-refractivity contribution in [3.8, 4) is 0 Å². The van der Waals surface area contributed by atoms with Gasteiger partial charge in [-0.1, -0.05) is 24.3 Å². The van der Waals surface area contributed by atoms with Crippen molar-refractivity contribution in [2.24, 2.45) is 0 Å². The molecule has 2 aromatic rings. The number of aldehydes is 1. The molecular weight excluding hydrogens is 374 g/mol. The minimum absolute atomic E-state index is 0.0165. The van der Waals surface area contributed by atoms with Crippen LogP contribution in [0.1, 0.15) is 49.4 Å². The van der Waals surface area contributed by atoms with Crippen LogP contribution in [0.3, 0.4) is 0 Å². The molecule has 0 unspecified atom stereocenters. The van der Waals surface area contributed by atoms with Crippen LogP contribution in [0.4, 0.5) is 5.69 Å². The molecule has 0 radical (unpaired) electrons. The number of hydrogen-bond donors (Lipinski definition) is 2. The van der Waals surface area contributed by atoms with Gasteiger partial charge in [-0.15, -0.1) is 0 Å². The van der Waals surface area contributed by atoms with Crippen LogP contribution in [0.5, 0.6) is 0 Å². The fourth-order valence-corrected chi connectivity index (χ4v) is 5.18. The Hall–Kier alpha value is -2.37. The van der Waals surface area contributed by atoms with Gasteiger partial charge in [0.2, 0.25) is 0 Å². The van der Waals surface area contributed by atoms with E-state index in [0.29, 0.717) is 13.0 Å². The van der Waals surface area contributed by atoms with Crippen molar-refractivity contribution in [2.45, 2.75) is 64.8 Å². The zero-order valence-corrected chi connectivity index (χ0v) is 18.5. The molecule has 0 spiro atoms. The van der Waals surface area contributed by atoms with Gasteiger partial charge >= 0.3 is 0 Å². The van der Waals surface area contributed by atoms with Crippen molar-refractivity contribution in [1.82, 2.24) is 9.88 Å². The number of para-hydroxylation sites is 1. The third-order valence-corrected chi connectivity index (χ3v) is 6.65. The standard InChI is InChI=1S/C25H33N3O2/c1-17-18(2)28-22(24(17)20(13-15-29)16-26-4)12-11-19-8-5-6-9-21(19)27-23-10-7-14-25(28,3)30-23/h5-6,8-9,12,15,23,26-27H,7,10-11,13-14,16H2,1-4H3/b22-12+,24-20+/t23-,25+/m1/s1. The average molecular weight is 408 g/mol. The lowest BCUT2D eigenvalue weighted by Gasteiger charge is -2.42. The van der Waals surface area contributed by atoms with Crippen molar-refractivity contribution in [3.63, 3.8) is 0 Å². The molecule has 0 aliphatic carbocycles. The van der Waals surface area contributed by atoms with E-state index in [1.807, 2.05) is 7.05 Å². The van der Waals surface area contributed by atoms with Crippen LogP contribution in [0.25, 0.3) is 11.6 Å². The maximum Gasteiger partial charge on any atom is 0.144 e. The Labute approximate surface area is 178 Å². The Morgan fingerprint density at radius 2 is 2.17 bits per heavy atom. The van der Waals surface area contributed by atoms with E-state index in [0.717, 1.165) is 43.2 Å². The Bertz CT molecular complexity index is 1070. The molecule has 2 aliphatic rings. The molecule has 1 saturated heterocycles. The molecule has 4 rings (SSSR count). The van der Waals surface area contributed by atoms with Gasteiger partial charge in [0.15, 0.2) is 0 Å². The average Bonchev–Trinajstić information content (AvgIpc) is 2.97. The number of benzene rings is 1. The van der Waals surface area contributed by atoms with E-state index in [9.17, 15) is 4.79 Å². The summed E-state index contributed by atoms with van der Waals surface area (Å²) in [5.41, 5.74) is 5.57. The summed E-state index contributed by atoms with van der Waals surface area (Å²) in [6.45, 7) is 7.26. The zero-order valence-electron chi connectivity index (χ0n) is 18.5. The van der Waals surface area contributed by atoms with E-state index in [4.69, 9.17) is 4.74 Å². The van der Waals surface area contributed by atoms with Crippen LogP contribution in [-0.4, -0.2) is 30.7 Å². The molecule has 2 atom stereocenters. The zero-order chi connectivity index (χ0) is 21.3. The Morgan fingerprint density at radius 1 is 1.37 bits per heavy atom. The number of carbonyl (C=O) groups is 1. The number of fused-ring (bicyclic) bond motifs is 5. The monoisotopic (exact) mass is 407 g/mol. The molecule has 160 valence electrons. The lowest BCUT2D eigenvalue weighted by Crippen LogP contribution is -2.50. The molecule has 1 aromatic heterocycles.